The lowest BCUT2D eigenvalue weighted by Crippen LogP contribution is -2.42. The molecule has 4 heteroatoms. The molecular weight excluding hydrogens is 251 g/mol. The molecule has 1 saturated heterocycles. The van der Waals surface area contributed by atoms with Crippen LogP contribution in [0.25, 0.3) is 0 Å². The predicted molar refractivity (Wildman–Crippen MR) is 74.9 cm³/mol. The average molecular weight is 271 g/mol. The van der Waals surface area contributed by atoms with Crippen LogP contribution in [0.5, 0.6) is 0 Å². The second-order valence-corrected chi connectivity index (χ2v) is 5.32. The van der Waals surface area contributed by atoms with Crippen LogP contribution in [0.4, 0.5) is 10.1 Å². The zero-order chi connectivity index (χ0) is 13.1. The second-order valence-electron chi connectivity index (χ2n) is 5.05. The fourth-order valence-corrected chi connectivity index (χ4v) is 2.80. The highest BCUT2D eigenvalue weighted by Crippen LogP contribution is 2.27. The van der Waals surface area contributed by atoms with Gasteiger partial charge in [-0.05, 0) is 56.7 Å². The summed E-state index contributed by atoms with van der Waals surface area (Å²) >= 11 is 5.91. The van der Waals surface area contributed by atoms with Gasteiger partial charge in [-0.2, -0.15) is 0 Å². The van der Waals surface area contributed by atoms with E-state index in [1.54, 1.807) is 0 Å². The smallest absolute Gasteiger partial charge is 0.123 e. The van der Waals surface area contributed by atoms with E-state index in [0.717, 1.165) is 37.2 Å². The summed E-state index contributed by atoms with van der Waals surface area (Å²) < 4.78 is 13.2. The summed E-state index contributed by atoms with van der Waals surface area (Å²) in [6.45, 7) is 2.23. The Kier molecular flexibility index (Phi) is 4.46. The van der Waals surface area contributed by atoms with Gasteiger partial charge in [-0.15, -0.1) is 11.6 Å². The first-order chi connectivity index (χ1) is 8.61. The summed E-state index contributed by atoms with van der Waals surface area (Å²) in [7, 11) is 4.23. The van der Waals surface area contributed by atoms with Crippen LogP contribution in [0.1, 0.15) is 18.4 Å². The maximum Gasteiger partial charge on any atom is 0.123 e. The van der Waals surface area contributed by atoms with E-state index < -0.39 is 0 Å². The fraction of sp³-hybridized carbons (Fsp3) is 0.571. The van der Waals surface area contributed by atoms with Crippen molar-refractivity contribution in [1.82, 2.24) is 4.90 Å². The minimum atomic E-state index is -0.217. The van der Waals surface area contributed by atoms with Crippen LogP contribution in [0.3, 0.4) is 0 Å². The van der Waals surface area contributed by atoms with Gasteiger partial charge in [0.1, 0.15) is 5.82 Å². The van der Waals surface area contributed by atoms with Crippen molar-refractivity contribution in [1.29, 1.82) is 0 Å². The molecule has 0 aromatic heterocycles. The Morgan fingerprint density at radius 2 is 2.06 bits per heavy atom. The minimum Gasteiger partial charge on any atom is -0.371 e. The highest BCUT2D eigenvalue weighted by Gasteiger charge is 2.22. The molecule has 2 nitrogen and oxygen atoms in total. The zero-order valence-corrected chi connectivity index (χ0v) is 11.8. The Labute approximate surface area is 113 Å². The lowest BCUT2D eigenvalue weighted by Gasteiger charge is -2.37. The van der Waals surface area contributed by atoms with E-state index in [2.05, 4.69) is 23.9 Å². The third-order valence-corrected chi connectivity index (χ3v) is 4.09. The molecule has 0 spiro atoms. The molecule has 0 amide bonds. The van der Waals surface area contributed by atoms with Crippen LogP contribution in [0.2, 0.25) is 0 Å². The molecule has 0 atom stereocenters. The van der Waals surface area contributed by atoms with Gasteiger partial charge in [0.2, 0.25) is 0 Å². The summed E-state index contributed by atoms with van der Waals surface area (Å²) in [5.74, 6) is 0.135. The molecule has 0 unspecified atom stereocenters. The first-order valence-corrected chi connectivity index (χ1v) is 6.91. The number of halogens is 2. The lowest BCUT2D eigenvalue weighted by molar-refractivity contribution is 0.253. The molecule has 1 fully saturated rings. The number of alkyl halides is 1. The van der Waals surface area contributed by atoms with Crippen molar-refractivity contribution in [2.24, 2.45) is 0 Å². The Bertz CT molecular complexity index is 403. The minimum absolute atomic E-state index is 0.217. The molecule has 0 bridgehead atoms. The molecule has 1 heterocycles. The SMILES string of the molecule is CN1CCC(N(C)c2ccc(F)cc2CCl)CC1. The topological polar surface area (TPSA) is 6.48 Å². The molecule has 2 rings (SSSR count). The van der Waals surface area contributed by atoms with E-state index in [1.165, 1.54) is 12.1 Å². The van der Waals surface area contributed by atoms with Crippen molar-refractivity contribution in [3.8, 4) is 0 Å². The Morgan fingerprint density at radius 3 is 2.67 bits per heavy atom. The summed E-state index contributed by atoms with van der Waals surface area (Å²) in [5.41, 5.74) is 1.93. The van der Waals surface area contributed by atoms with E-state index >= 15 is 0 Å². The largest absolute Gasteiger partial charge is 0.371 e. The highest BCUT2D eigenvalue weighted by atomic mass is 35.5. The van der Waals surface area contributed by atoms with E-state index in [9.17, 15) is 4.39 Å². The average Bonchev–Trinajstić information content (AvgIpc) is 2.38. The molecule has 1 aliphatic heterocycles. The number of hydrogen-bond acceptors (Lipinski definition) is 2. The molecule has 1 aromatic carbocycles. The van der Waals surface area contributed by atoms with Crippen LogP contribution < -0.4 is 4.90 Å². The number of hydrogen-bond donors (Lipinski definition) is 0. The molecule has 0 aliphatic carbocycles. The normalized spacial score (nSPS) is 18.0. The van der Waals surface area contributed by atoms with Gasteiger partial charge in [-0.25, -0.2) is 4.39 Å². The molecule has 100 valence electrons. The zero-order valence-electron chi connectivity index (χ0n) is 11.0. The summed E-state index contributed by atoms with van der Waals surface area (Å²) in [5, 5.41) is 0. The monoisotopic (exact) mass is 270 g/mol. The summed E-state index contributed by atoms with van der Waals surface area (Å²) in [6, 6.07) is 5.41. The number of likely N-dealkylation sites (tertiary alicyclic amines) is 1. The third-order valence-electron chi connectivity index (χ3n) is 3.80. The van der Waals surface area contributed by atoms with Gasteiger partial charge in [-0.1, -0.05) is 0 Å². The number of anilines is 1. The molecule has 1 aromatic rings. The maximum atomic E-state index is 13.2. The van der Waals surface area contributed by atoms with Gasteiger partial charge in [0, 0.05) is 24.7 Å². The van der Waals surface area contributed by atoms with Crippen LogP contribution >= 0.6 is 11.6 Å². The quantitative estimate of drug-likeness (QED) is 0.779. The maximum absolute atomic E-state index is 13.2. The van der Waals surface area contributed by atoms with Crippen molar-refractivity contribution in [3.63, 3.8) is 0 Å². The van der Waals surface area contributed by atoms with E-state index in [0.29, 0.717) is 11.9 Å². The predicted octanol–water partition coefficient (Wildman–Crippen LogP) is 3.09. The van der Waals surface area contributed by atoms with Gasteiger partial charge >= 0.3 is 0 Å². The van der Waals surface area contributed by atoms with Crippen molar-refractivity contribution >= 4 is 17.3 Å². The van der Waals surface area contributed by atoms with Gasteiger partial charge in [0.25, 0.3) is 0 Å². The second kappa shape index (κ2) is 5.89. The Hall–Kier alpha value is -0.800. The molecular formula is C14H20ClFN2. The van der Waals surface area contributed by atoms with Crippen molar-refractivity contribution in [3.05, 3.63) is 29.6 Å². The summed E-state index contributed by atoms with van der Waals surface area (Å²) in [6.07, 6.45) is 2.29. The van der Waals surface area contributed by atoms with Crippen LogP contribution in [-0.2, 0) is 5.88 Å². The Balaban J connectivity index is 2.15. The van der Waals surface area contributed by atoms with Crippen molar-refractivity contribution < 1.29 is 4.39 Å². The fourth-order valence-electron chi connectivity index (χ4n) is 2.58. The summed E-state index contributed by atoms with van der Waals surface area (Å²) in [4.78, 5) is 4.60. The number of piperidine rings is 1. The number of benzene rings is 1. The van der Waals surface area contributed by atoms with Gasteiger partial charge in [0.15, 0.2) is 0 Å². The lowest BCUT2D eigenvalue weighted by atomic mass is 10.0. The molecule has 0 N–H and O–H groups in total. The van der Waals surface area contributed by atoms with E-state index in [1.807, 2.05) is 6.07 Å². The number of nitrogens with zero attached hydrogens (tertiary/aromatic N) is 2. The van der Waals surface area contributed by atoms with Gasteiger partial charge in [-0.3, -0.25) is 0 Å². The van der Waals surface area contributed by atoms with E-state index in [-0.39, 0.29) is 5.82 Å². The van der Waals surface area contributed by atoms with Crippen LogP contribution in [0, 0.1) is 5.82 Å². The van der Waals surface area contributed by atoms with Crippen molar-refractivity contribution in [2.75, 3.05) is 32.1 Å². The third kappa shape index (κ3) is 2.96. The van der Waals surface area contributed by atoms with Gasteiger partial charge in [0.05, 0.1) is 0 Å². The van der Waals surface area contributed by atoms with Crippen LogP contribution in [0.15, 0.2) is 18.2 Å². The molecule has 18 heavy (non-hydrogen) atoms. The first-order valence-electron chi connectivity index (χ1n) is 6.37. The highest BCUT2D eigenvalue weighted by molar-refractivity contribution is 6.17. The Morgan fingerprint density at radius 1 is 1.39 bits per heavy atom. The standard InChI is InChI=1S/C14H20ClFN2/c1-17-7-5-13(6-8-17)18(2)14-4-3-12(16)9-11(14)10-15/h3-4,9,13H,5-8,10H2,1-2H3. The van der Waals surface area contributed by atoms with Crippen molar-refractivity contribution in [2.45, 2.75) is 24.8 Å². The molecule has 1 aliphatic rings. The van der Waals surface area contributed by atoms with Crippen LogP contribution in [-0.4, -0.2) is 38.1 Å². The van der Waals surface area contributed by atoms with E-state index in [4.69, 9.17) is 11.6 Å². The number of rotatable bonds is 3. The van der Waals surface area contributed by atoms with Gasteiger partial charge < -0.3 is 9.80 Å². The molecule has 0 saturated carbocycles. The molecule has 0 radical (unpaired) electrons. The first kappa shape index (κ1) is 13.6.